The zero-order valence-corrected chi connectivity index (χ0v) is 15.7. The lowest BCUT2D eigenvalue weighted by Gasteiger charge is -2.27. The normalized spacial score (nSPS) is 15.1. The number of aromatic nitrogens is 2. The maximum Gasteiger partial charge on any atom is 0.204 e. The van der Waals surface area contributed by atoms with E-state index in [0.29, 0.717) is 6.54 Å². The summed E-state index contributed by atoms with van der Waals surface area (Å²) in [5, 5.41) is 3.51. The number of ether oxygens (including phenoxy) is 2. The van der Waals surface area contributed by atoms with Gasteiger partial charge in [0.15, 0.2) is 0 Å². The van der Waals surface area contributed by atoms with Crippen LogP contribution in [0.3, 0.4) is 0 Å². The van der Waals surface area contributed by atoms with Gasteiger partial charge in [0.2, 0.25) is 5.95 Å². The number of nitrogens with zero attached hydrogens (tertiary/aromatic N) is 3. The zero-order valence-electron chi connectivity index (χ0n) is 15.7. The topological polar surface area (TPSA) is 51.5 Å². The summed E-state index contributed by atoms with van der Waals surface area (Å²) in [6.07, 6.45) is 0. The second kappa shape index (κ2) is 8.41. The molecule has 3 aromatic rings. The molecule has 27 heavy (non-hydrogen) atoms. The molecule has 0 unspecified atom stereocenters. The molecule has 0 spiro atoms. The Hall–Kier alpha value is -2.57. The van der Waals surface area contributed by atoms with E-state index in [0.717, 1.165) is 56.6 Å². The number of benzene rings is 2. The molecule has 0 aliphatic carbocycles. The molecule has 6 nitrogen and oxygen atoms in total. The summed E-state index contributed by atoms with van der Waals surface area (Å²) in [5.41, 5.74) is 3.35. The summed E-state index contributed by atoms with van der Waals surface area (Å²) < 4.78 is 13.1. The van der Waals surface area contributed by atoms with Gasteiger partial charge in [-0.15, -0.1) is 0 Å². The maximum atomic E-state index is 5.45. The lowest BCUT2D eigenvalue weighted by atomic mass is 10.2. The van der Waals surface area contributed by atoms with Gasteiger partial charge >= 0.3 is 0 Å². The number of anilines is 1. The van der Waals surface area contributed by atoms with Crippen molar-refractivity contribution in [2.75, 3.05) is 45.3 Å². The molecule has 0 bridgehead atoms. The molecule has 1 N–H and O–H groups in total. The average Bonchev–Trinajstić information content (AvgIpc) is 3.09. The molecule has 1 aliphatic rings. The fourth-order valence-electron chi connectivity index (χ4n) is 3.47. The van der Waals surface area contributed by atoms with E-state index in [9.17, 15) is 0 Å². The van der Waals surface area contributed by atoms with Gasteiger partial charge in [-0.1, -0.05) is 24.3 Å². The highest BCUT2D eigenvalue weighted by molar-refractivity contribution is 5.78. The fourth-order valence-corrected chi connectivity index (χ4v) is 3.47. The minimum Gasteiger partial charge on any atom is -0.497 e. The van der Waals surface area contributed by atoms with Crippen LogP contribution in [0.4, 0.5) is 5.95 Å². The van der Waals surface area contributed by atoms with Crippen molar-refractivity contribution in [1.82, 2.24) is 14.5 Å². The standard InChI is InChI=1S/C21H26N4O2/c1-26-18-6-4-5-17(15-18)16-22-21-23-19-7-2-3-8-20(19)25(21)10-9-24-11-13-27-14-12-24/h2-8,15H,9-14,16H2,1H3,(H,22,23). The first-order valence-corrected chi connectivity index (χ1v) is 9.45. The van der Waals surface area contributed by atoms with Crippen molar-refractivity contribution < 1.29 is 9.47 Å². The molecule has 1 saturated heterocycles. The molecule has 2 heterocycles. The van der Waals surface area contributed by atoms with Crippen LogP contribution in [0, 0.1) is 0 Å². The largest absolute Gasteiger partial charge is 0.497 e. The Morgan fingerprint density at radius 3 is 2.78 bits per heavy atom. The fraction of sp³-hybridized carbons (Fsp3) is 0.381. The van der Waals surface area contributed by atoms with Crippen LogP contribution in [-0.2, 0) is 17.8 Å². The van der Waals surface area contributed by atoms with Crippen molar-refractivity contribution >= 4 is 17.0 Å². The molecular formula is C21H26N4O2. The Bertz CT molecular complexity index is 887. The summed E-state index contributed by atoms with van der Waals surface area (Å²) in [7, 11) is 1.69. The Labute approximate surface area is 159 Å². The average molecular weight is 366 g/mol. The van der Waals surface area contributed by atoms with E-state index >= 15 is 0 Å². The van der Waals surface area contributed by atoms with Crippen molar-refractivity contribution in [2.24, 2.45) is 0 Å². The van der Waals surface area contributed by atoms with Gasteiger partial charge in [0.05, 0.1) is 31.4 Å². The van der Waals surface area contributed by atoms with Crippen molar-refractivity contribution in [1.29, 1.82) is 0 Å². The molecule has 1 fully saturated rings. The Morgan fingerprint density at radius 2 is 1.93 bits per heavy atom. The number of nitrogens with one attached hydrogen (secondary N) is 1. The van der Waals surface area contributed by atoms with Gasteiger partial charge in [0.1, 0.15) is 5.75 Å². The summed E-state index contributed by atoms with van der Waals surface area (Å²) in [5.74, 6) is 1.78. The predicted molar refractivity (Wildman–Crippen MR) is 107 cm³/mol. The molecule has 0 amide bonds. The van der Waals surface area contributed by atoms with E-state index in [-0.39, 0.29) is 0 Å². The number of fused-ring (bicyclic) bond motifs is 1. The Balaban J connectivity index is 1.51. The second-order valence-electron chi connectivity index (χ2n) is 6.73. The van der Waals surface area contributed by atoms with Gasteiger partial charge in [0.25, 0.3) is 0 Å². The first kappa shape index (κ1) is 17.8. The minimum absolute atomic E-state index is 0.706. The van der Waals surface area contributed by atoms with Crippen LogP contribution in [0.2, 0.25) is 0 Å². The quantitative estimate of drug-likeness (QED) is 0.697. The van der Waals surface area contributed by atoms with E-state index in [1.54, 1.807) is 7.11 Å². The van der Waals surface area contributed by atoms with Crippen molar-refractivity contribution in [3.8, 4) is 5.75 Å². The molecule has 142 valence electrons. The molecule has 0 radical (unpaired) electrons. The van der Waals surface area contributed by atoms with E-state index in [1.165, 1.54) is 11.1 Å². The summed E-state index contributed by atoms with van der Waals surface area (Å²) in [4.78, 5) is 7.26. The lowest BCUT2D eigenvalue weighted by Crippen LogP contribution is -2.38. The molecule has 1 aromatic heterocycles. The van der Waals surface area contributed by atoms with E-state index in [2.05, 4.69) is 39.0 Å². The number of hydrogen-bond acceptors (Lipinski definition) is 5. The lowest BCUT2D eigenvalue weighted by molar-refractivity contribution is 0.0366. The third kappa shape index (κ3) is 4.23. The molecule has 0 saturated carbocycles. The number of morpholine rings is 1. The highest BCUT2D eigenvalue weighted by atomic mass is 16.5. The van der Waals surface area contributed by atoms with Gasteiger partial charge < -0.3 is 19.4 Å². The van der Waals surface area contributed by atoms with Gasteiger partial charge in [-0.2, -0.15) is 0 Å². The van der Waals surface area contributed by atoms with Gasteiger partial charge in [-0.3, -0.25) is 4.90 Å². The van der Waals surface area contributed by atoms with Crippen LogP contribution in [0.25, 0.3) is 11.0 Å². The Morgan fingerprint density at radius 1 is 1.07 bits per heavy atom. The molecule has 4 rings (SSSR count). The number of para-hydroxylation sites is 2. The number of methoxy groups -OCH3 is 1. The van der Waals surface area contributed by atoms with E-state index < -0.39 is 0 Å². The first-order valence-electron chi connectivity index (χ1n) is 9.45. The monoisotopic (exact) mass is 366 g/mol. The van der Waals surface area contributed by atoms with Crippen LogP contribution in [0.5, 0.6) is 5.75 Å². The first-order chi connectivity index (χ1) is 13.3. The van der Waals surface area contributed by atoms with Crippen molar-refractivity contribution in [2.45, 2.75) is 13.1 Å². The summed E-state index contributed by atoms with van der Waals surface area (Å²) >= 11 is 0. The highest BCUT2D eigenvalue weighted by Gasteiger charge is 2.14. The maximum absolute atomic E-state index is 5.45. The van der Waals surface area contributed by atoms with Crippen LogP contribution in [0.1, 0.15) is 5.56 Å². The molecule has 0 atom stereocenters. The van der Waals surface area contributed by atoms with Crippen LogP contribution >= 0.6 is 0 Å². The van der Waals surface area contributed by atoms with Gasteiger partial charge in [0, 0.05) is 32.7 Å². The number of hydrogen-bond donors (Lipinski definition) is 1. The predicted octanol–water partition coefficient (Wildman–Crippen LogP) is 2.99. The number of rotatable bonds is 7. The van der Waals surface area contributed by atoms with Gasteiger partial charge in [-0.25, -0.2) is 4.98 Å². The van der Waals surface area contributed by atoms with Crippen LogP contribution in [0.15, 0.2) is 48.5 Å². The Kier molecular flexibility index (Phi) is 5.55. The second-order valence-corrected chi connectivity index (χ2v) is 6.73. The van der Waals surface area contributed by atoms with E-state index in [4.69, 9.17) is 14.5 Å². The van der Waals surface area contributed by atoms with E-state index in [1.807, 2.05) is 24.3 Å². The minimum atomic E-state index is 0.706. The molecule has 6 heteroatoms. The molecule has 2 aromatic carbocycles. The van der Waals surface area contributed by atoms with Crippen LogP contribution < -0.4 is 10.1 Å². The van der Waals surface area contributed by atoms with Crippen molar-refractivity contribution in [3.05, 3.63) is 54.1 Å². The third-order valence-corrected chi connectivity index (χ3v) is 4.98. The van der Waals surface area contributed by atoms with Gasteiger partial charge in [-0.05, 0) is 29.8 Å². The summed E-state index contributed by atoms with van der Waals surface area (Å²) in [6, 6.07) is 16.4. The molecular weight excluding hydrogens is 340 g/mol. The highest BCUT2D eigenvalue weighted by Crippen LogP contribution is 2.21. The van der Waals surface area contributed by atoms with Crippen molar-refractivity contribution in [3.63, 3.8) is 0 Å². The molecule has 1 aliphatic heterocycles. The smallest absolute Gasteiger partial charge is 0.204 e. The number of imidazole rings is 1. The zero-order chi connectivity index (χ0) is 18.5. The summed E-state index contributed by atoms with van der Waals surface area (Å²) in [6.45, 7) is 6.26. The SMILES string of the molecule is COc1cccc(CNc2nc3ccccc3n2CCN2CCOCC2)c1. The van der Waals surface area contributed by atoms with Crippen LogP contribution in [-0.4, -0.2) is 54.4 Å². The third-order valence-electron chi connectivity index (χ3n) is 4.98.